The average molecular weight is 230 g/mol. The molecule has 1 aromatic carbocycles. The van der Waals surface area contributed by atoms with E-state index in [1.807, 2.05) is 25.4 Å². The summed E-state index contributed by atoms with van der Waals surface area (Å²) in [6, 6.07) is 10.3. The first-order valence-corrected chi connectivity index (χ1v) is 5.72. The third-order valence-corrected chi connectivity index (χ3v) is 2.99. The van der Waals surface area contributed by atoms with E-state index in [0.717, 1.165) is 28.9 Å². The summed E-state index contributed by atoms with van der Waals surface area (Å²) in [6.45, 7) is 0.695. The van der Waals surface area contributed by atoms with Crippen molar-refractivity contribution in [3.8, 4) is 11.3 Å². The second kappa shape index (κ2) is 5.06. The Hall–Kier alpha value is -1.74. The van der Waals surface area contributed by atoms with E-state index in [2.05, 4.69) is 22.8 Å². The molecule has 0 atom stereocenters. The van der Waals surface area contributed by atoms with Gasteiger partial charge in [-0.15, -0.1) is 0 Å². The van der Waals surface area contributed by atoms with E-state index in [1.54, 1.807) is 7.11 Å². The molecule has 0 bridgehead atoms. The Morgan fingerprint density at radius 2 is 2.06 bits per heavy atom. The van der Waals surface area contributed by atoms with Gasteiger partial charge >= 0.3 is 0 Å². The summed E-state index contributed by atoms with van der Waals surface area (Å²) < 4.78 is 7.17. The Balaban J connectivity index is 2.39. The maximum absolute atomic E-state index is 6.22. The largest absolute Gasteiger partial charge is 0.398 e. The van der Waals surface area contributed by atoms with Gasteiger partial charge in [0.05, 0.1) is 6.61 Å². The van der Waals surface area contributed by atoms with Crippen LogP contribution >= 0.6 is 0 Å². The van der Waals surface area contributed by atoms with Gasteiger partial charge in [-0.1, -0.05) is 18.2 Å². The zero-order valence-corrected chi connectivity index (χ0v) is 10.3. The molecule has 1 aromatic heterocycles. The molecule has 2 rings (SSSR count). The van der Waals surface area contributed by atoms with Crippen LogP contribution in [0, 0.1) is 0 Å². The van der Waals surface area contributed by atoms with E-state index in [1.165, 1.54) is 0 Å². The summed E-state index contributed by atoms with van der Waals surface area (Å²) in [6.07, 6.45) is 2.87. The van der Waals surface area contributed by atoms with Gasteiger partial charge in [0, 0.05) is 37.3 Å². The van der Waals surface area contributed by atoms with Gasteiger partial charge in [0.15, 0.2) is 0 Å². The number of aromatic nitrogens is 1. The van der Waals surface area contributed by atoms with Crippen LogP contribution in [0.4, 0.5) is 5.69 Å². The van der Waals surface area contributed by atoms with Gasteiger partial charge in [0.1, 0.15) is 0 Å². The number of aryl methyl sites for hydroxylation is 1. The number of benzene rings is 1. The van der Waals surface area contributed by atoms with Gasteiger partial charge < -0.3 is 15.0 Å². The number of ether oxygens (including phenoxy) is 1. The molecule has 0 saturated carbocycles. The van der Waals surface area contributed by atoms with Crippen molar-refractivity contribution in [3.05, 3.63) is 42.1 Å². The van der Waals surface area contributed by atoms with Gasteiger partial charge in [-0.3, -0.25) is 0 Å². The number of rotatable bonds is 4. The first kappa shape index (κ1) is 11.7. The molecule has 0 spiro atoms. The second-order valence-corrected chi connectivity index (χ2v) is 4.13. The molecule has 2 N–H and O–H groups in total. The van der Waals surface area contributed by atoms with E-state index in [9.17, 15) is 0 Å². The molecule has 0 aliphatic carbocycles. The average Bonchev–Trinajstić information content (AvgIpc) is 2.74. The second-order valence-electron chi connectivity index (χ2n) is 4.13. The molecule has 0 unspecified atom stereocenters. The molecule has 0 saturated heterocycles. The number of hydrogen-bond donors (Lipinski definition) is 1. The van der Waals surface area contributed by atoms with Crippen molar-refractivity contribution in [2.75, 3.05) is 19.5 Å². The van der Waals surface area contributed by atoms with Gasteiger partial charge in [-0.05, 0) is 24.1 Å². The highest BCUT2D eigenvalue weighted by Crippen LogP contribution is 2.28. The van der Waals surface area contributed by atoms with Crippen molar-refractivity contribution in [2.24, 2.45) is 7.05 Å². The van der Waals surface area contributed by atoms with Crippen molar-refractivity contribution < 1.29 is 4.74 Å². The molecular weight excluding hydrogens is 212 g/mol. The van der Waals surface area contributed by atoms with Gasteiger partial charge in [-0.2, -0.15) is 0 Å². The van der Waals surface area contributed by atoms with Crippen molar-refractivity contribution in [2.45, 2.75) is 6.42 Å². The molecule has 3 heteroatoms. The zero-order valence-electron chi connectivity index (χ0n) is 10.3. The summed E-state index contributed by atoms with van der Waals surface area (Å²) in [5, 5.41) is 0. The fourth-order valence-corrected chi connectivity index (χ4v) is 2.01. The minimum Gasteiger partial charge on any atom is -0.398 e. The Kier molecular flexibility index (Phi) is 3.49. The summed E-state index contributed by atoms with van der Waals surface area (Å²) >= 11 is 0. The molecule has 0 aliphatic heterocycles. The SMILES string of the molecule is COCCc1cccc(-c2cccn2C)c1N. The maximum atomic E-state index is 6.22. The Morgan fingerprint density at radius 1 is 1.24 bits per heavy atom. The van der Waals surface area contributed by atoms with Gasteiger partial charge in [-0.25, -0.2) is 0 Å². The lowest BCUT2D eigenvalue weighted by Gasteiger charge is -2.11. The predicted molar refractivity (Wildman–Crippen MR) is 70.8 cm³/mol. The summed E-state index contributed by atoms with van der Waals surface area (Å²) in [4.78, 5) is 0. The number of nitrogens with two attached hydrogens (primary N) is 1. The number of methoxy groups -OCH3 is 1. The molecule has 0 aliphatic rings. The fourth-order valence-electron chi connectivity index (χ4n) is 2.01. The highest BCUT2D eigenvalue weighted by Gasteiger charge is 2.08. The molecule has 1 heterocycles. The first-order valence-electron chi connectivity index (χ1n) is 5.72. The minimum atomic E-state index is 0.695. The molecule has 90 valence electrons. The van der Waals surface area contributed by atoms with E-state index in [-0.39, 0.29) is 0 Å². The monoisotopic (exact) mass is 230 g/mol. The van der Waals surface area contributed by atoms with Crippen LogP contribution in [0.2, 0.25) is 0 Å². The molecule has 0 fully saturated rings. The van der Waals surface area contributed by atoms with Crippen LogP contribution in [0.1, 0.15) is 5.56 Å². The number of anilines is 1. The van der Waals surface area contributed by atoms with Crippen LogP contribution < -0.4 is 5.73 Å². The summed E-state index contributed by atoms with van der Waals surface area (Å²) in [5.41, 5.74) is 10.4. The number of para-hydroxylation sites is 1. The van der Waals surface area contributed by atoms with E-state index >= 15 is 0 Å². The molecule has 2 aromatic rings. The third kappa shape index (κ3) is 2.34. The maximum Gasteiger partial charge on any atom is 0.0503 e. The van der Waals surface area contributed by atoms with Crippen LogP contribution in [0.3, 0.4) is 0 Å². The van der Waals surface area contributed by atoms with Crippen molar-refractivity contribution in [1.82, 2.24) is 4.57 Å². The predicted octanol–water partition coefficient (Wildman–Crippen LogP) is 2.46. The number of hydrogen-bond acceptors (Lipinski definition) is 2. The molecule has 3 nitrogen and oxygen atoms in total. The molecule has 17 heavy (non-hydrogen) atoms. The highest BCUT2D eigenvalue weighted by molar-refractivity contribution is 5.76. The van der Waals surface area contributed by atoms with Crippen LogP contribution in [0.25, 0.3) is 11.3 Å². The van der Waals surface area contributed by atoms with Crippen molar-refractivity contribution >= 4 is 5.69 Å². The Bertz CT molecular complexity index is 503. The lowest BCUT2D eigenvalue weighted by molar-refractivity contribution is 0.202. The standard InChI is InChI=1S/C14H18N2O/c1-16-9-4-7-13(16)12-6-3-5-11(14(12)15)8-10-17-2/h3-7,9H,8,10,15H2,1-2H3. The Morgan fingerprint density at radius 3 is 2.71 bits per heavy atom. The van der Waals surface area contributed by atoms with Crippen molar-refractivity contribution in [3.63, 3.8) is 0 Å². The normalized spacial score (nSPS) is 10.7. The number of nitrogens with zero attached hydrogens (tertiary/aromatic N) is 1. The lowest BCUT2D eigenvalue weighted by atomic mass is 10.0. The van der Waals surface area contributed by atoms with Crippen LogP contribution in [0.5, 0.6) is 0 Å². The molecular formula is C14H18N2O. The van der Waals surface area contributed by atoms with Crippen molar-refractivity contribution in [1.29, 1.82) is 0 Å². The van der Waals surface area contributed by atoms with E-state index in [0.29, 0.717) is 6.61 Å². The van der Waals surface area contributed by atoms with Crippen LogP contribution in [-0.4, -0.2) is 18.3 Å². The van der Waals surface area contributed by atoms with Crippen LogP contribution in [0.15, 0.2) is 36.5 Å². The summed E-state index contributed by atoms with van der Waals surface area (Å²) in [5.74, 6) is 0. The van der Waals surface area contributed by atoms with Gasteiger partial charge in [0.2, 0.25) is 0 Å². The topological polar surface area (TPSA) is 40.2 Å². The lowest BCUT2D eigenvalue weighted by Crippen LogP contribution is -2.02. The first-order chi connectivity index (χ1) is 8.24. The molecule has 0 amide bonds. The van der Waals surface area contributed by atoms with Crippen LogP contribution in [-0.2, 0) is 18.2 Å². The third-order valence-electron chi connectivity index (χ3n) is 2.99. The van der Waals surface area contributed by atoms with Gasteiger partial charge in [0.25, 0.3) is 0 Å². The number of nitrogen functional groups attached to an aromatic ring is 1. The Labute approximate surface area is 102 Å². The minimum absolute atomic E-state index is 0.695. The zero-order chi connectivity index (χ0) is 12.3. The fraction of sp³-hybridized carbons (Fsp3) is 0.286. The molecule has 0 radical (unpaired) electrons. The summed E-state index contributed by atoms with van der Waals surface area (Å²) in [7, 11) is 3.73. The van der Waals surface area contributed by atoms with E-state index in [4.69, 9.17) is 10.5 Å². The highest BCUT2D eigenvalue weighted by atomic mass is 16.5. The smallest absolute Gasteiger partial charge is 0.0503 e. The van der Waals surface area contributed by atoms with E-state index < -0.39 is 0 Å². The quantitative estimate of drug-likeness (QED) is 0.820.